The first-order valence-corrected chi connectivity index (χ1v) is 10.9. The Hall–Kier alpha value is -2.86. The minimum atomic E-state index is -0.496. The van der Waals surface area contributed by atoms with E-state index in [4.69, 9.17) is 15.2 Å². The molecule has 1 heterocycles. The monoisotopic (exact) mass is 424 g/mol. The summed E-state index contributed by atoms with van der Waals surface area (Å²) < 4.78 is 10.0. The molecule has 2 aromatic rings. The Morgan fingerprint density at radius 3 is 2.32 bits per heavy atom. The summed E-state index contributed by atoms with van der Waals surface area (Å²) in [7, 11) is 1.55. The summed E-state index contributed by atoms with van der Waals surface area (Å²) in [6.07, 6.45) is 3.63. The third-order valence-corrected chi connectivity index (χ3v) is 5.96. The highest BCUT2D eigenvalue weighted by molar-refractivity contribution is 5.90. The Morgan fingerprint density at radius 1 is 1.00 bits per heavy atom. The van der Waals surface area contributed by atoms with Crippen molar-refractivity contribution in [2.75, 3.05) is 38.3 Å². The molecule has 0 bridgehead atoms. The lowest BCUT2D eigenvalue weighted by Gasteiger charge is -2.33. The van der Waals surface area contributed by atoms with Crippen LogP contribution in [0.15, 0.2) is 48.5 Å². The molecule has 0 aromatic heterocycles. The molecule has 0 saturated carbocycles. The van der Waals surface area contributed by atoms with E-state index in [0.717, 1.165) is 24.2 Å². The van der Waals surface area contributed by atoms with Gasteiger partial charge in [-0.2, -0.15) is 0 Å². The second-order valence-electron chi connectivity index (χ2n) is 8.03. The Kier molecular flexibility index (Phi) is 8.06. The molecule has 1 saturated heterocycles. The van der Waals surface area contributed by atoms with Crippen LogP contribution in [-0.4, -0.2) is 45.3 Å². The van der Waals surface area contributed by atoms with Crippen LogP contribution >= 0.6 is 0 Å². The molecule has 1 fully saturated rings. The first kappa shape index (κ1) is 22.8. The average Bonchev–Trinajstić information content (AvgIpc) is 2.80. The summed E-state index contributed by atoms with van der Waals surface area (Å²) in [5.74, 6) is -1.39. The largest absolute Gasteiger partial charge is 0.460 e. The third-order valence-electron chi connectivity index (χ3n) is 5.96. The van der Waals surface area contributed by atoms with Gasteiger partial charge in [-0.3, -0.25) is 4.79 Å². The average molecular weight is 425 g/mol. The molecule has 0 spiro atoms. The number of esters is 1. The van der Waals surface area contributed by atoms with E-state index in [1.807, 2.05) is 19.1 Å². The van der Waals surface area contributed by atoms with E-state index < -0.39 is 11.9 Å². The van der Waals surface area contributed by atoms with Gasteiger partial charge in [-0.1, -0.05) is 37.3 Å². The molecule has 0 aliphatic carbocycles. The van der Waals surface area contributed by atoms with Gasteiger partial charge < -0.3 is 20.1 Å². The molecule has 1 aliphatic heterocycles. The molecule has 2 atom stereocenters. The van der Waals surface area contributed by atoms with Gasteiger partial charge in [0.25, 0.3) is 0 Å². The normalized spacial score (nSPS) is 15.9. The number of ether oxygens (including phenoxy) is 2. The Labute approximate surface area is 184 Å². The van der Waals surface area contributed by atoms with Gasteiger partial charge in [0.1, 0.15) is 6.61 Å². The summed E-state index contributed by atoms with van der Waals surface area (Å²) in [6, 6.07) is 15.2. The van der Waals surface area contributed by atoms with Crippen LogP contribution in [0.4, 0.5) is 5.69 Å². The molecule has 1 aliphatic rings. The zero-order valence-corrected chi connectivity index (χ0v) is 18.4. The lowest BCUT2D eigenvalue weighted by Crippen LogP contribution is -2.32. The van der Waals surface area contributed by atoms with Crippen molar-refractivity contribution in [2.45, 2.75) is 38.0 Å². The van der Waals surface area contributed by atoms with E-state index in [-0.39, 0.29) is 18.4 Å². The highest BCUT2D eigenvalue weighted by atomic mass is 16.6. The molecule has 166 valence electrons. The second kappa shape index (κ2) is 11.0. The van der Waals surface area contributed by atoms with Crippen LogP contribution in [0.3, 0.4) is 0 Å². The predicted octanol–water partition coefficient (Wildman–Crippen LogP) is 3.85. The quantitative estimate of drug-likeness (QED) is 0.488. The fourth-order valence-corrected chi connectivity index (χ4v) is 4.30. The van der Waals surface area contributed by atoms with Crippen LogP contribution < -0.4 is 10.6 Å². The molecule has 6 nitrogen and oxygen atoms in total. The number of anilines is 1. The van der Waals surface area contributed by atoms with E-state index in [9.17, 15) is 9.59 Å². The standard InChI is InChI=1S/C25H32N2O4/c1-18(21-8-4-5-9-22(21)27-14-6-3-7-15-27)23(24(26)28)19-10-12-20(13-11-19)25(29)31-17-16-30-2/h4-5,8-13,18,23H,3,6-7,14-17H2,1-2H3,(H2,26,28). The van der Waals surface area contributed by atoms with Crippen molar-refractivity contribution in [1.29, 1.82) is 0 Å². The van der Waals surface area contributed by atoms with E-state index >= 15 is 0 Å². The molecule has 2 unspecified atom stereocenters. The maximum Gasteiger partial charge on any atom is 0.338 e. The van der Waals surface area contributed by atoms with E-state index in [1.165, 1.54) is 24.9 Å². The number of carbonyl (C=O) groups excluding carboxylic acids is 2. The maximum absolute atomic E-state index is 12.5. The summed E-state index contributed by atoms with van der Waals surface area (Å²) >= 11 is 0. The molecule has 0 radical (unpaired) electrons. The Bertz CT molecular complexity index is 875. The molecule has 2 aromatic carbocycles. The minimum Gasteiger partial charge on any atom is -0.460 e. The number of para-hydroxylation sites is 1. The molecule has 31 heavy (non-hydrogen) atoms. The van der Waals surface area contributed by atoms with Crippen molar-refractivity contribution in [1.82, 2.24) is 0 Å². The second-order valence-corrected chi connectivity index (χ2v) is 8.03. The van der Waals surface area contributed by atoms with Crippen LogP contribution in [-0.2, 0) is 14.3 Å². The number of benzene rings is 2. The lowest BCUT2D eigenvalue weighted by molar-refractivity contribution is -0.119. The van der Waals surface area contributed by atoms with Crippen LogP contribution in [0, 0.1) is 0 Å². The smallest absolute Gasteiger partial charge is 0.338 e. The van der Waals surface area contributed by atoms with Crippen molar-refractivity contribution in [3.8, 4) is 0 Å². The number of carbonyl (C=O) groups is 2. The van der Waals surface area contributed by atoms with Crippen LogP contribution in [0.25, 0.3) is 0 Å². The number of hydrogen-bond acceptors (Lipinski definition) is 5. The highest BCUT2D eigenvalue weighted by Crippen LogP contribution is 2.38. The van der Waals surface area contributed by atoms with Crippen LogP contribution in [0.5, 0.6) is 0 Å². The third kappa shape index (κ3) is 5.64. The molecule has 1 amide bonds. The molecule has 3 rings (SSSR count). The van der Waals surface area contributed by atoms with Gasteiger partial charge in [0, 0.05) is 25.9 Å². The topological polar surface area (TPSA) is 81.9 Å². The van der Waals surface area contributed by atoms with Gasteiger partial charge in [-0.25, -0.2) is 4.79 Å². The number of methoxy groups -OCH3 is 1. The summed E-state index contributed by atoms with van der Waals surface area (Å²) in [5, 5.41) is 0. The van der Waals surface area contributed by atoms with E-state index in [2.05, 4.69) is 17.0 Å². The lowest BCUT2D eigenvalue weighted by atomic mass is 9.81. The minimum absolute atomic E-state index is 0.102. The molecule has 6 heteroatoms. The summed E-state index contributed by atoms with van der Waals surface area (Å²) in [6.45, 7) is 4.66. The van der Waals surface area contributed by atoms with Crippen molar-refractivity contribution in [2.24, 2.45) is 5.73 Å². The number of amides is 1. The Balaban J connectivity index is 1.83. The summed E-state index contributed by atoms with van der Waals surface area (Å²) in [5.41, 5.74) is 9.39. The number of rotatable bonds is 9. The number of hydrogen-bond donors (Lipinski definition) is 1. The first-order chi connectivity index (χ1) is 15.0. The number of nitrogens with zero attached hydrogens (tertiary/aromatic N) is 1. The maximum atomic E-state index is 12.5. The SMILES string of the molecule is COCCOC(=O)c1ccc(C(C(N)=O)C(C)c2ccccc2N2CCCCC2)cc1. The van der Waals surface area contributed by atoms with Gasteiger partial charge in [0.15, 0.2) is 0 Å². The van der Waals surface area contributed by atoms with Crippen LogP contribution in [0.1, 0.15) is 59.5 Å². The number of nitrogens with two attached hydrogens (primary N) is 1. The van der Waals surface area contributed by atoms with Gasteiger partial charge in [-0.15, -0.1) is 0 Å². The van der Waals surface area contributed by atoms with Gasteiger partial charge >= 0.3 is 5.97 Å². The van der Waals surface area contributed by atoms with E-state index in [0.29, 0.717) is 12.2 Å². The van der Waals surface area contributed by atoms with Crippen molar-refractivity contribution in [3.63, 3.8) is 0 Å². The zero-order chi connectivity index (χ0) is 22.2. The van der Waals surface area contributed by atoms with Crippen molar-refractivity contribution >= 4 is 17.6 Å². The number of primary amides is 1. The molecule has 2 N–H and O–H groups in total. The molecular formula is C25H32N2O4. The van der Waals surface area contributed by atoms with Crippen LogP contribution in [0.2, 0.25) is 0 Å². The van der Waals surface area contributed by atoms with Crippen molar-refractivity contribution < 1.29 is 19.1 Å². The van der Waals surface area contributed by atoms with E-state index in [1.54, 1.807) is 31.4 Å². The fraction of sp³-hybridized carbons (Fsp3) is 0.440. The first-order valence-electron chi connectivity index (χ1n) is 10.9. The van der Waals surface area contributed by atoms with Gasteiger partial charge in [0.05, 0.1) is 18.1 Å². The number of piperidine rings is 1. The van der Waals surface area contributed by atoms with Gasteiger partial charge in [-0.05, 0) is 54.5 Å². The van der Waals surface area contributed by atoms with Crippen molar-refractivity contribution in [3.05, 3.63) is 65.2 Å². The zero-order valence-electron chi connectivity index (χ0n) is 18.4. The summed E-state index contributed by atoms with van der Waals surface area (Å²) in [4.78, 5) is 27.0. The molecular weight excluding hydrogens is 392 g/mol. The Morgan fingerprint density at radius 2 is 1.68 bits per heavy atom. The van der Waals surface area contributed by atoms with Gasteiger partial charge in [0.2, 0.25) is 5.91 Å². The highest BCUT2D eigenvalue weighted by Gasteiger charge is 2.29. The predicted molar refractivity (Wildman–Crippen MR) is 121 cm³/mol. The fourth-order valence-electron chi connectivity index (χ4n) is 4.30.